The van der Waals surface area contributed by atoms with Crippen LogP contribution in [-0.4, -0.2) is 6.04 Å². The van der Waals surface area contributed by atoms with Crippen molar-refractivity contribution in [3.05, 3.63) is 35.4 Å². The first-order chi connectivity index (χ1) is 9.74. The van der Waals surface area contributed by atoms with Crippen LogP contribution in [0.4, 0.5) is 0 Å². The van der Waals surface area contributed by atoms with Crippen LogP contribution in [0.3, 0.4) is 0 Å². The summed E-state index contributed by atoms with van der Waals surface area (Å²) in [5.41, 5.74) is 5.91. The Labute approximate surface area is 124 Å². The lowest BCUT2D eigenvalue weighted by Crippen LogP contribution is -2.43. The summed E-state index contributed by atoms with van der Waals surface area (Å²) in [5.74, 6) is 7.55. The van der Waals surface area contributed by atoms with Crippen LogP contribution in [0.1, 0.15) is 56.6 Å². The Balaban J connectivity index is 1.91. The topological polar surface area (TPSA) is 38.0 Å². The van der Waals surface area contributed by atoms with Crippen LogP contribution >= 0.6 is 0 Å². The molecule has 2 rings (SSSR count). The van der Waals surface area contributed by atoms with E-state index in [0.717, 1.165) is 18.3 Å². The second-order valence-corrected chi connectivity index (χ2v) is 6.47. The van der Waals surface area contributed by atoms with Crippen molar-refractivity contribution < 1.29 is 0 Å². The third-order valence-corrected chi connectivity index (χ3v) is 5.07. The number of benzene rings is 1. The number of hydrazine groups is 1. The highest BCUT2D eigenvalue weighted by Gasteiger charge is 2.26. The predicted molar refractivity (Wildman–Crippen MR) is 86.4 cm³/mol. The van der Waals surface area contributed by atoms with Gasteiger partial charge in [-0.2, -0.15) is 0 Å². The van der Waals surface area contributed by atoms with Gasteiger partial charge in [-0.3, -0.25) is 11.3 Å². The van der Waals surface area contributed by atoms with Gasteiger partial charge in [-0.1, -0.05) is 56.9 Å². The lowest BCUT2D eigenvalue weighted by molar-refractivity contribution is 0.213. The maximum Gasteiger partial charge on any atom is 0.0279 e. The maximum atomic E-state index is 5.84. The first-order valence-corrected chi connectivity index (χ1v) is 8.25. The lowest BCUT2D eigenvalue weighted by atomic mass is 9.76. The monoisotopic (exact) mass is 274 g/mol. The third-order valence-electron chi connectivity index (χ3n) is 5.07. The fraction of sp³-hybridized carbons (Fsp3) is 0.667. The van der Waals surface area contributed by atoms with Gasteiger partial charge in [0.25, 0.3) is 0 Å². The summed E-state index contributed by atoms with van der Waals surface area (Å²) in [6, 6.07) is 9.11. The molecule has 3 N–H and O–H groups in total. The molecule has 1 saturated carbocycles. The van der Waals surface area contributed by atoms with E-state index in [4.69, 9.17) is 5.84 Å². The molecule has 0 radical (unpaired) electrons. The molecule has 0 bridgehead atoms. The normalized spacial score (nSPS) is 24.6. The molecule has 0 amide bonds. The van der Waals surface area contributed by atoms with Crippen molar-refractivity contribution in [2.75, 3.05) is 0 Å². The van der Waals surface area contributed by atoms with E-state index in [9.17, 15) is 0 Å². The van der Waals surface area contributed by atoms with Crippen molar-refractivity contribution in [2.45, 2.75) is 64.8 Å². The summed E-state index contributed by atoms with van der Waals surface area (Å²) in [6.07, 6.45) is 9.26. The van der Waals surface area contributed by atoms with Crippen LogP contribution in [-0.2, 0) is 6.42 Å². The van der Waals surface area contributed by atoms with Gasteiger partial charge in [-0.15, -0.1) is 0 Å². The van der Waals surface area contributed by atoms with Crippen molar-refractivity contribution in [1.82, 2.24) is 5.43 Å². The zero-order valence-corrected chi connectivity index (χ0v) is 13.1. The molecule has 1 unspecified atom stereocenters. The molecule has 0 heterocycles. The number of nitrogens with one attached hydrogen (secondary N) is 1. The van der Waals surface area contributed by atoms with Crippen LogP contribution in [0.5, 0.6) is 0 Å². The van der Waals surface area contributed by atoms with Gasteiger partial charge in [-0.05, 0) is 49.1 Å². The van der Waals surface area contributed by atoms with E-state index in [1.54, 1.807) is 0 Å². The number of rotatable bonds is 6. The summed E-state index contributed by atoms with van der Waals surface area (Å²) in [4.78, 5) is 0. The molecule has 1 aliphatic rings. The van der Waals surface area contributed by atoms with Crippen molar-refractivity contribution >= 4 is 0 Å². The molecule has 1 aromatic rings. The lowest BCUT2D eigenvalue weighted by Gasteiger charge is -2.34. The highest BCUT2D eigenvalue weighted by molar-refractivity contribution is 5.26. The summed E-state index contributed by atoms with van der Waals surface area (Å²) >= 11 is 0. The van der Waals surface area contributed by atoms with Gasteiger partial charge in [0.15, 0.2) is 0 Å². The number of hydrogen-bond donors (Lipinski definition) is 2. The molecule has 1 aliphatic carbocycles. The SMILES string of the molecule is CCCC1CCC(C(Cc2ccccc2C)NN)CC1. The van der Waals surface area contributed by atoms with Crippen LogP contribution in [0.2, 0.25) is 0 Å². The molecule has 20 heavy (non-hydrogen) atoms. The van der Waals surface area contributed by atoms with Crippen molar-refractivity contribution in [2.24, 2.45) is 17.7 Å². The van der Waals surface area contributed by atoms with Crippen LogP contribution < -0.4 is 11.3 Å². The third kappa shape index (κ3) is 4.07. The van der Waals surface area contributed by atoms with Gasteiger partial charge < -0.3 is 0 Å². The van der Waals surface area contributed by atoms with Crippen molar-refractivity contribution in [3.8, 4) is 0 Å². The van der Waals surface area contributed by atoms with E-state index in [0.29, 0.717) is 6.04 Å². The Hall–Kier alpha value is -0.860. The largest absolute Gasteiger partial charge is 0.271 e. The Kier molecular flexibility index (Phi) is 6.06. The predicted octanol–water partition coefficient (Wildman–Crippen LogP) is 3.98. The Bertz CT molecular complexity index is 394. The standard InChI is InChI=1S/C18H30N2/c1-3-6-15-9-11-16(12-10-15)18(20-19)13-17-8-5-4-7-14(17)2/h4-5,7-8,15-16,18,20H,3,6,9-13,19H2,1-2H3. The van der Waals surface area contributed by atoms with E-state index in [2.05, 4.69) is 43.5 Å². The molecule has 0 aromatic heterocycles. The van der Waals surface area contributed by atoms with Crippen LogP contribution in [0.25, 0.3) is 0 Å². The average Bonchev–Trinajstić information content (AvgIpc) is 2.48. The van der Waals surface area contributed by atoms with Gasteiger partial charge in [0.1, 0.15) is 0 Å². The molecule has 2 heteroatoms. The van der Waals surface area contributed by atoms with Gasteiger partial charge in [0.2, 0.25) is 0 Å². The minimum absolute atomic E-state index is 0.429. The van der Waals surface area contributed by atoms with E-state index in [1.807, 2.05) is 0 Å². The second-order valence-electron chi connectivity index (χ2n) is 6.47. The highest BCUT2D eigenvalue weighted by Crippen LogP contribution is 2.34. The minimum atomic E-state index is 0.429. The van der Waals surface area contributed by atoms with Gasteiger partial charge in [0, 0.05) is 6.04 Å². The van der Waals surface area contributed by atoms with Crippen molar-refractivity contribution in [3.63, 3.8) is 0 Å². The smallest absolute Gasteiger partial charge is 0.0279 e. The summed E-state index contributed by atoms with van der Waals surface area (Å²) in [7, 11) is 0. The van der Waals surface area contributed by atoms with Crippen molar-refractivity contribution in [1.29, 1.82) is 0 Å². The fourth-order valence-corrected chi connectivity index (χ4v) is 3.73. The van der Waals surface area contributed by atoms with Crippen LogP contribution in [0.15, 0.2) is 24.3 Å². The summed E-state index contributed by atoms with van der Waals surface area (Å²) in [5, 5.41) is 0. The average molecular weight is 274 g/mol. The molecule has 112 valence electrons. The molecule has 1 aromatic carbocycles. The van der Waals surface area contributed by atoms with Crippen LogP contribution in [0, 0.1) is 18.8 Å². The Morgan fingerprint density at radius 2 is 1.90 bits per heavy atom. The molecular weight excluding hydrogens is 244 g/mol. The molecule has 0 spiro atoms. The van der Waals surface area contributed by atoms with E-state index < -0.39 is 0 Å². The summed E-state index contributed by atoms with van der Waals surface area (Å²) < 4.78 is 0. The molecule has 1 atom stereocenters. The molecule has 1 fully saturated rings. The number of nitrogens with two attached hydrogens (primary N) is 1. The Morgan fingerprint density at radius 1 is 1.20 bits per heavy atom. The van der Waals surface area contributed by atoms with Gasteiger partial charge in [-0.25, -0.2) is 0 Å². The molecular formula is C18H30N2. The minimum Gasteiger partial charge on any atom is -0.271 e. The fourth-order valence-electron chi connectivity index (χ4n) is 3.73. The molecule has 0 aliphatic heterocycles. The summed E-state index contributed by atoms with van der Waals surface area (Å²) in [6.45, 7) is 4.50. The Morgan fingerprint density at radius 3 is 2.50 bits per heavy atom. The molecule has 0 saturated heterocycles. The van der Waals surface area contributed by atoms with Gasteiger partial charge in [0.05, 0.1) is 0 Å². The number of aryl methyl sites for hydroxylation is 1. The molecule has 2 nitrogen and oxygen atoms in total. The van der Waals surface area contributed by atoms with E-state index >= 15 is 0 Å². The van der Waals surface area contributed by atoms with Gasteiger partial charge >= 0.3 is 0 Å². The quantitative estimate of drug-likeness (QED) is 0.608. The van der Waals surface area contributed by atoms with E-state index in [1.165, 1.54) is 49.7 Å². The zero-order valence-electron chi connectivity index (χ0n) is 13.1. The zero-order chi connectivity index (χ0) is 14.4. The highest BCUT2D eigenvalue weighted by atomic mass is 15.2. The number of hydrogen-bond acceptors (Lipinski definition) is 2. The maximum absolute atomic E-state index is 5.84. The second kappa shape index (κ2) is 7.80. The van der Waals surface area contributed by atoms with E-state index in [-0.39, 0.29) is 0 Å². The first kappa shape index (κ1) is 15.5. The first-order valence-electron chi connectivity index (χ1n) is 8.25.